The largest absolute Gasteiger partial charge is 0.398 e. The van der Waals surface area contributed by atoms with Crippen LogP contribution in [0.1, 0.15) is 84.0 Å². The molecule has 1 N–H and O–H groups in total. The minimum absolute atomic E-state index is 0.0289. The van der Waals surface area contributed by atoms with Crippen molar-refractivity contribution in [3.05, 3.63) is 0 Å². The summed E-state index contributed by atoms with van der Waals surface area (Å²) in [6.45, 7) is 2.21. The fraction of sp³-hybridized carbons (Fsp3) is 0.875. The summed E-state index contributed by atoms with van der Waals surface area (Å²) in [5.74, 6) is -3.22. The van der Waals surface area contributed by atoms with Crippen LogP contribution in [0.2, 0.25) is 0 Å². The maximum atomic E-state index is 11.3. The number of carbonyl (C=O) groups is 2. The summed E-state index contributed by atoms with van der Waals surface area (Å²) in [7, 11) is 0. The van der Waals surface area contributed by atoms with Crippen LogP contribution in [0.25, 0.3) is 0 Å². The lowest BCUT2D eigenvalue weighted by Crippen LogP contribution is -2.37. The van der Waals surface area contributed by atoms with Gasteiger partial charge in [-0.2, -0.15) is 0 Å². The summed E-state index contributed by atoms with van der Waals surface area (Å²) in [6, 6.07) is 0. The Bertz CT molecular complexity index is 309. The summed E-state index contributed by atoms with van der Waals surface area (Å²) in [5, 5.41) is 10.0. The van der Waals surface area contributed by atoms with Gasteiger partial charge in [-0.05, 0) is 6.42 Å². The molecule has 0 saturated carbocycles. The molecule has 0 bridgehead atoms. The molecule has 0 radical (unpaired) electrons. The number of carbonyl (C=O) groups excluding carboxylic acids is 2. The van der Waals surface area contributed by atoms with E-state index in [0.717, 1.165) is 12.8 Å². The topological polar surface area (TPSA) is 72.8 Å². The van der Waals surface area contributed by atoms with Crippen LogP contribution in [-0.4, -0.2) is 23.0 Å². The normalized spacial score (nSPS) is 18.0. The molecule has 0 aliphatic carbocycles. The van der Waals surface area contributed by atoms with Gasteiger partial charge < -0.3 is 14.6 Å². The van der Waals surface area contributed by atoms with Crippen molar-refractivity contribution >= 4 is 11.9 Å². The fourth-order valence-electron chi connectivity index (χ4n) is 2.44. The first-order valence-electron chi connectivity index (χ1n) is 8.22. The van der Waals surface area contributed by atoms with Gasteiger partial charge in [0.05, 0.1) is 19.3 Å². The van der Waals surface area contributed by atoms with Gasteiger partial charge in [0.2, 0.25) is 0 Å². The van der Waals surface area contributed by atoms with E-state index in [1.54, 1.807) is 0 Å². The van der Waals surface area contributed by atoms with Crippen LogP contribution in [0.15, 0.2) is 0 Å². The Balaban J connectivity index is 2.10. The highest BCUT2D eigenvalue weighted by Crippen LogP contribution is 2.24. The van der Waals surface area contributed by atoms with Gasteiger partial charge >= 0.3 is 17.9 Å². The fourth-order valence-corrected chi connectivity index (χ4v) is 2.44. The van der Waals surface area contributed by atoms with E-state index < -0.39 is 17.9 Å². The van der Waals surface area contributed by atoms with Crippen molar-refractivity contribution in [1.29, 1.82) is 0 Å². The number of rotatable bonds is 10. The van der Waals surface area contributed by atoms with Gasteiger partial charge in [-0.3, -0.25) is 9.59 Å². The molecule has 0 unspecified atom stereocenters. The number of cyclic esters (lactones) is 2. The summed E-state index contributed by atoms with van der Waals surface area (Å²) in [4.78, 5) is 22.6. The van der Waals surface area contributed by atoms with Gasteiger partial charge in [0.15, 0.2) is 0 Å². The molecule has 21 heavy (non-hydrogen) atoms. The first kappa shape index (κ1) is 18.0. The average Bonchev–Trinajstić information content (AvgIpc) is 2.55. The van der Waals surface area contributed by atoms with E-state index >= 15 is 0 Å². The number of hydrogen-bond acceptors (Lipinski definition) is 5. The molecule has 5 nitrogen and oxygen atoms in total. The van der Waals surface area contributed by atoms with Gasteiger partial charge in [-0.1, -0.05) is 58.3 Å². The van der Waals surface area contributed by atoms with Gasteiger partial charge in [0.25, 0.3) is 0 Å². The monoisotopic (exact) mass is 300 g/mol. The van der Waals surface area contributed by atoms with E-state index in [9.17, 15) is 14.7 Å². The second-order valence-electron chi connectivity index (χ2n) is 5.74. The lowest BCUT2D eigenvalue weighted by molar-refractivity contribution is -0.323. The molecule has 1 heterocycles. The van der Waals surface area contributed by atoms with Crippen molar-refractivity contribution < 1.29 is 24.2 Å². The first-order chi connectivity index (χ1) is 10.1. The molecule has 1 saturated heterocycles. The maximum absolute atomic E-state index is 11.3. The molecular weight excluding hydrogens is 272 g/mol. The van der Waals surface area contributed by atoms with E-state index in [0.29, 0.717) is 6.42 Å². The minimum Gasteiger partial charge on any atom is -0.398 e. The quantitative estimate of drug-likeness (QED) is 0.494. The zero-order valence-corrected chi connectivity index (χ0v) is 13.1. The molecular formula is C16H28O5. The third kappa shape index (κ3) is 8.05. The molecule has 0 aromatic rings. The molecule has 1 fully saturated rings. The van der Waals surface area contributed by atoms with Crippen molar-refractivity contribution in [2.75, 3.05) is 0 Å². The van der Waals surface area contributed by atoms with Crippen LogP contribution in [0.4, 0.5) is 0 Å². The summed E-state index contributed by atoms with van der Waals surface area (Å²) in [6.07, 6.45) is 10.4. The van der Waals surface area contributed by atoms with E-state index in [1.807, 2.05) is 0 Å². The Morgan fingerprint density at radius 1 is 0.857 bits per heavy atom. The molecule has 122 valence electrons. The zero-order valence-electron chi connectivity index (χ0n) is 13.1. The SMILES string of the molecule is CCCCCCCCCCCC1(O)OC(=O)CCC(=O)O1. The van der Waals surface area contributed by atoms with Crippen molar-refractivity contribution in [2.24, 2.45) is 0 Å². The van der Waals surface area contributed by atoms with Crippen LogP contribution < -0.4 is 0 Å². The van der Waals surface area contributed by atoms with Gasteiger partial charge in [-0.15, -0.1) is 0 Å². The summed E-state index contributed by atoms with van der Waals surface area (Å²) < 4.78 is 9.63. The second kappa shape index (κ2) is 9.77. The van der Waals surface area contributed by atoms with Crippen LogP contribution in [0.5, 0.6) is 0 Å². The molecule has 1 aliphatic heterocycles. The number of unbranched alkanes of at least 4 members (excludes halogenated alkanes) is 8. The highest BCUT2D eigenvalue weighted by atomic mass is 16.8. The number of hydrogen-bond donors (Lipinski definition) is 1. The van der Waals surface area contributed by atoms with Gasteiger partial charge in [0.1, 0.15) is 0 Å². The minimum atomic E-state index is -2.05. The highest BCUT2D eigenvalue weighted by Gasteiger charge is 2.38. The zero-order chi connectivity index (χ0) is 15.6. The summed E-state index contributed by atoms with van der Waals surface area (Å²) >= 11 is 0. The standard InChI is InChI=1S/C16H28O5/c1-2-3-4-5-6-7-8-9-10-13-16(19)20-14(17)11-12-15(18)21-16/h19H,2-13H2,1H3. The Hall–Kier alpha value is -1.10. The van der Waals surface area contributed by atoms with E-state index in [4.69, 9.17) is 9.47 Å². The second-order valence-corrected chi connectivity index (χ2v) is 5.74. The molecule has 0 aromatic carbocycles. The van der Waals surface area contributed by atoms with Crippen LogP contribution >= 0.6 is 0 Å². The number of ether oxygens (including phenoxy) is 2. The Labute approximate surface area is 127 Å². The number of esters is 2. The van der Waals surface area contributed by atoms with E-state index in [-0.39, 0.29) is 19.3 Å². The lowest BCUT2D eigenvalue weighted by Gasteiger charge is -2.24. The molecule has 0 spiro atoms. The van der Waals surface area contributed by atoms with Crippen LogP contribution in [0.3, 0.4) is 0 Å². The Morgan fingerprint density at radius 3 is 1.76 bits per heavy atom. The third-order valence-electron chi connectivity index (χ3n) is 3.68. The first-order valence-corrected chi connectivity index (χ1v) is 8.22. The van der Waals surface area contributed by atoms with Gasteiger partial charge in [0, 0.05) is 0 Å². The highest BCUT2D eigenvalue weighted by molar-refractivity contribution is 5.79. The molecule has 5 heteroatoms. The van der Waals surface area contributed by atoms with Crippen LogP contribution in [0, 0.1) is 0 Å². The number of aliphatic hydroxyl groups is 1. The average molecular weight is 300 g/mol. The predicted octanol–water partition coefficient (Wildman–Crippen LogP) is 3.43. The van der Waals surface area contributed by atoms with Crippen molar-refractivity contribution in [2.45, 2.75) is 89.9 Å². The maximum Gasteiger partial charge on any atom is 0.373 e. The lowest BCUT2D eigenvalue weighted by atomic mass is 10.1. The van der Waals surface area contributed by atoms with E-state index in [1.165, 1.54) is 38.5 Å². The molecule has 0 aromatic heterocycles. The molecule has 0 atom stereocenters. The van der Waals surface area contributed by atoms with Crippen LogP contribution in [-0.2, 0) is 19.1 Å². The predicted molar refractivity (Wildman–Crippen MR) is 78.2 cm³/mol. The molecule has 1 rings (SSSR count). The van der Waals surface area contributed by atoms with Crippen molar-refractivity contribution in [1.82, 2.24) is 0 Å². The van der Waals surface area contributed by atoms with Crippen molar-refractivity contribution in [3.8, 4) is 0 Å². The van der Waals surface area contributed by atoms with Crippen molar-refractivity contribution in [3.63, 3.8) is 0 Å². The molecule has 1 aliphatic rings. The summed E-state index contributed by atoms with van der Waals surface area (Å²) in [5.41, 5.74) is 0. The Kier molecular flexibility index (Phi) is 8.35. The van der Waals surface area contributed by atoms with Gasteiger partial charge in [-0.25, -0.2) is 0 Å². The third-order valence-corrected chi connectivity index (χ3v) is 3.68. The molecule has 0 amide bonds. The van der Waals surface area contributed by atoms with E-state index in [2.05, 4.69) is 6.92 Å². The smallest absolute Gasteiger partial charge is 0.373 e. The Morgan fingerprint density at radius 2 is 1.29 bits per heavy atom.